The number of rotatable bonds is 1. The Morgan fingerprint density at radius 2 is 2.19 bits per heavy atom. The van der Waals surface area contributed by atoms with Crippen LogP contribution in [0.1, 0.15) is 31.2 Å². The van der Waals surface area contributed by atoms with E-state index in [9.17, 15) is 0 Å². The van der Waals surface area contributed by atoms with Crippen LogP contribution < -0.4 is 5.32 Å². The highest BCUT2D eigenvalue weighted by molar-refractivity contribution is 5.52. The molecule has 84 valence electrons. The van der Waals surface area contributed by atoms with Crippen molar-refractivity contribution in [3.05, 3.63) is 17.6 Å². The molecule has 1 N–H and O–H groups in total. The van der Waals surface area contributed by atoms with Crippen LogP contribution in [0.15, 0.2) is 6.20 Å². The van der Waals surface area contributed by atoms with Crippen LogP contribution in [0.2, 0.25) is 0 Å². The van der Waals surface area contributed by atoms with Gasteiger partial charge in [-0.25, -0.2) is 9.97 Å². The van der Waals surface area contributed by atoms with Gasteiger partial charge >= 0.3 is 0 Å². The van der Waals surface area contributed by atoms with Crippen LogP contribution in [0.5, 0.6) is 0 Å². The standard InChI is InChI=1S/C13H17N3/c1-9-6-11(7-9)4-5-12-8-15-10(2)16-13(12)14-3/h8-9,11H,6-7H2,1-3H3,(H,14,15,16). The van der Waals surface area contributed by atoms with E-state index in [0.29, 0.717) is 5.92 Å². The highest BCUT2D eigenvalue weighted by Gasteiger charge is 2.23. The van der Waals surface area contributed by atoms with Crippen LogP contribution in [-0.2, 0) is 0 Å². The van der Waals surface area contributed by atoms with Crippen LogP contribution >= 0.6 is 0 Å². The summed E-state index contributed by atoms with van der Waals surface area (Å²) in [7, 11) is 1.86. The number of nitrogens with one attached hydrogen (secondary N) is 1. The molecule has 1 aliphatic rings. The van der Waals surface area contributed by atoms with E-state index in [1.165, 1.54) is 12.8 Å². The zero-order valence-electron chi connectivity index (χ0n) is 10.0. The summed E-state index contributed by atoms with van der Waals surface area (Å²) in [5.74, 6) is 9.48. The van der Waals surface area contributed by atoms with Crippen LogP contribution in [0.4, 0.5) is 5.82 Å². The second-order valence-corrected chi connectivity index (χ2v) is 4.47. The predicted molar refractivity (Wildman–Crippen MR) is 65.1 cm³/mol. The van der Waals surface area contributed by atoms with Gasteiger partial charge in [-0.3, -0.25) is 0 Å². The number of aromatic nitrogens is 2. The van der Waals surface area contributed by atoms with Gasteiger partial charge in [-0.1, -0.05) is 18.8 Å². The number of aryl methyl sites for hydroxylation is 1. The number of nitrogens with zero attached hydrogens (tertiary/aromatic N) is 2. The molecule has 0 aliphatic heterocycles. The molecule has 1 aromatic rings. The first kappa shape index (κ1) is 10.9. The minimum Gasteiger partial charge on any atom is -0.372 e. The Kier molecular flexibility index (Phi) is 3.09. The number of hydrogen-bond donors (Lipinski definition) is 1. The predicted octanol–water partition coefficient (Wildman–Crippen LogP) is 2.22. The van der Waals surface area contributed by atoms with Crippen molar-refractivity contribution in [2.45, 2.75) is 26.7 Å². The lowest BCUT2D eigenvalue weighted by atomic mass is 9.76. The molecular formula is C13H17N3. The third-order valence-electron chi connectivity index (χ3n) is 2.93. The van der Waals surface area contributed by atoms with E-state index in [4.69, 9.17) is 0 Å². The fourth-order valence-electron chi connectivity index (χ4n) is 1.95. The van der Waals surface area contributed by atoms with E-state index >= 15 is 0 Å². The summed E-state index contributed by atoms with van der Waals surface area (Å²) in [6, 6.07) is 0. The largest absolute Gasteiger partial charge is 0.372 e. The van der Waals surface area contributed by atoms with E-state index in [1.54, 1.807) is 6.20 Å². The maximum Gasteiger partial charge on any atom is 0.145 e. The van der Waals surface area contributed by atoms with Crippen LogP contribution in [0.3, 0.4) is 0 Å². The van der Waals surface area contributed by atoms with Gasteiger partial charge in [0, 0.05) is 19.2 Å². The third-order valence-corrected chi connectivity index (χ3v) is 2.93. The minimum atomic E-state index is 0.570. The molecule has 0 spiro atoms. The van der Waals surface area contributed by atoms with E-state index in [-0.39, 0.29) is 0 Å². The van der Waals surface area contributed by atoms with Crippen LogP contribution in [0.25, 0.3) is 0 Å². The minimum absolute atomic E-state index is 0.570. The number of hydrogen-bond acceptors (Lipinski definition) is 3. The third kappa shape index (κ3) is 2.33. The van der Waals surface area contributed by atoms with Gasteiger partial charge in [0.15, 0.2) is 0 Å². The topological polar surface area (TPSA) is 37.8 Å². The van der Waals surface area contributed by atoms with E-state index in [0.717, 1.165) is 23.1 Å². The summed E-state index contributed by atoms with van der Waals surface area (Å²) in [5.41, 5.74) is 0.896. The summed E-state index contributed by atoms with van der Waals surface area (Å²) >= 11 is 0. The Labute approximate surface area is 96.7 Å². The molecule has 1 saturated carbocycles. The quantitative estimate of drug-likeness (QED) is 0.730. The fourth-order valence-corrected chi connectivity index (χ4v) is 1.95. The molecule has 16 heavy (non-hydrogen) atoms. The van der Waals surface area contributed by atoms with Gasteiger partial charge in [0.25, 0.3) is 0 Å². The summed E-state index contributed by atoms with van der Waals surface area (Å²) in [6.07, 6.45) is 4.26. The molecule has 1 aromatic heterocycles. The lowest BCUT2D eigenvalue weighted by molar-refractivity contribution is 0.272. The fraction of sp³-hybridized carbons (Fsp3) is 0.538. The Hall–Kier alpha value is -1.56. The molecule has 0 saturated heterocycles. The monoisotopic (exact) mass is 215 g/mol. The zero-order valence-corrected chi connectivity index (χ0v) is 10.0. The van der Waals surface area contributed by atoms with Crippen molar-refractivity contribution in [2.24, 2.45) is 11.8 Å². The highest BCUT2D eigenvalue weighted by Crippen LogP contribution is 2.32. The zero-order chi connectivity index (χ0) is 11.5. The van der Waals surface area contributed by atoms with Crippen molar-refractivity contribution in [2.75, 3.05) is 12.4 Å². The average Bonchev–Trinajstić information content (AvgIpc) is 2.24. The molecule has 0 radical (unpaired) electrons. The van der Waals surface area contributed by atoms with Gasteiger partial charge in [-0.05, 0) is 25.7 Å². The Balaban J connectivity index is 2.14. The highest BCUT2D eigenvalue weighted by atomic mass is 15.0. The van der Waals surface area contributed by atoms with Crippen molar-refractivity contribution >= 4 is 5.82 Å². The molecule has 1 aliphatic carbocycles. The molecule has 3 nitrogen and oxygen atoms in total. The molecule has 0 atom stereocenters. The van der Waals surface area contributed by atoms with E-state index < -0.39 is 0 Å². The lowest BCUT2D eigenvalue weighted by Crippen LogP contribution is -2.19. The van der Waals surface area contributed by atoms with Gasteiger partial charge in [0.2, 0.25) is 0 Å². The van der Waals surface area contributed by atoms with Gasteiger partial charge in [-0.15, -0.1) is 0 Å². The Morgan fingerprint density at radius 3 is 2.81 bits per heavy atom. The summed E-state index contributed by atoms with van der Waals surface area (Å²) in [4.78, 5) is 8.47. The smallest absolute Gasteiger partial charge is 0.145 e. The summed E-state index contributed by atoms with van der Waals surface area (Å²) in [5, 5.41) is 3.05. The molecule has 3 heteroatoms. The normalized spacial score (nSPS) is 22.9. The van der Waals surface area contributed by atoms with Crippen molar-refractivity contribution < 1.29 is 0 Å². The van der Waals surface area contributed by atoms with Gasteiger partial charge in [0.1, 0.15) is 11.6 Å². The van der Waals surface area contributed by atoms with Crippen LogP contribution in [0, 0.1) is 30.6 Å². The van der Waals surface area contributed by atoms with Gasteiger partial charge < -0.3 is 5.32 Å². The maximum atomic E-state index is 4.30. The molecule has 0 aromatic carbocycles. The molecule has 0 bridgehead atoms. The Bertz CT molecular complexity index is 436. The second-order valence-electron chi connectivity index (χ2n) is 4.47. The molecule has 2 rings (SSSR count). The SMILES string of the molecule is CNc1nc(C)ncc1C#CC1CC(C)C1. The van der Waals surface area contributed by atoms with Gasteiger partial charge in [0.05, 0.1) is 5.56 Å². The number of anilines is 1. The summed E-state index contributed by atoms with van der Waals surface area (Å²) < 4.78 is 0. The Morgan fingerprint density at radius 1 is 1.44 bits per heavy atom. The molecule has 1 fully saturated rings. The maximum absolute atomic E-state index is 4.30. The molecular weight excluding hydrogens is 198 g/mol. The van der Waals surface area contributed by atoms with E-state index in [1.807, 2.05) is 14.0 Å². The molecule has 0 unspecified atom stereocenters. The van der Waals surface area contributed by atoms with Gasteiger partial charge in [-0.2, -0.15) is 0 Å². The van der Waals surface area contributed by atoms with Crippen molar-refractivity contribution in [3.63, 3.8) is 0 Å². The first-order valence-electron chi connectivity index (χ1n) is 5.72. The molecule has 0 amide bonds. The first-order valence-corrected chi connectivity index (χ1v) is 5.72. The molecule has 1 heterocycles. The van der Waals surface area contributed by atoms with Crippen molar-refractivity contribution in [3.8, 4) is 11.8 Å². The average molecular weight is 215 g/mol. The lowest BCUT2D eigenvalue weighted by Gasteiger charge is -2.28. The van der Waals surface area contributed by atoms with E-state index in [2.05, 4.69) is 34.0 Å². The first-order chi connectivity index (χ1) is 7.69. The van der Waals surface area contributed by atoms with Crippen LogP contribution in [-0.4, -0.2) is 17.0 Å². The van der Waals surface area contributed by atoms with Crippen molar-refractivity contribution in [1.82, 2.24) is 9.97 Å². The second kappa shape index (κ2) is 4.52. The van der Waals surface area contributed by atoms with Crippen molar-refractivity contribution in [1.29, 1.82) is 0 Å². The summed E-state index contributed by atoms with van der Waals surface area (Å²) in [6.45, 7) is 4.15.